The van der Waals surface area contributed by atoms with Crippen molar-refractivity contribution in [1.82, 2.24) is 9.97 Å². The second kappa shape index (κ2) is 12.0. The summed E-state index contributed by atoms with van der Waals surface area (Å²) in [5.41, 5.74) is 6.73. The largest absolute Gasteiger partial charge is 0.495 e. The first-order valence-corrected chi connectivity index (χ1v) is 12.5. The summed E-state index contributed by atoms with van der Waals surface area (Å²) in [5.74, 6) is 0.895. The van der Waals surface area contributed by atoms with E-state index >= 15 is 0 Å². The number of carboxylic acids is 1. The molecule has 8 nitrogen and oxygen atoms in total. The molecule has 2 heterocycles. The van der Waals surface area contributed by atoms with Gasteiger partial charge in [0.25, 0.3) is 0 Å². The number of aromatic nitrogens is 2. The van der Waals surface area contributed by atoms with Gasteiger partial charge < -0.3 is 26.0 Å². The maximum Gasteiger partial charge on any atom is 0.335 e. The second-order valence-corrected chi connectivity index (χ2v) is 9.33. The van der Waals surface area contributed by atoms with Crippen molar-refractivity contribution in [2.24, 2.45) is 5.73 Å². The van der Waals surface area contributed by atoms with Crippen LogP contribution in [0.1, 0.15) is 15.9 Å². The highest BCUT2D eigenvalue weighted by Crippen LogP contribution is 2.38. The Labute approximate surface area is 222 Å². The summed E-state index contributed by atoms with van der Waals surface area (Å²) in [6, 6.07) is 20.4. The maximum absolute atomic E-state index is 11.2. The van der Waals surface area contributed by atoms with Crippen LogP contribution in [-0.2, 0) is 6.54 Å². The van der Waals surface area contributed by atoms with Gasteiger partial charge in [0.05, 0.1) is 29.7 Å². The lowest BCUT2D eigenvalue weighted by Gasteiger charge is -2.11. The molecule has 0 saturated carbocycles. The quantitative estimate of drug-likeness (QED) is 0.217. The van der Waals surface area contributed by atoms with Gasteiger partial charge in [-0.25, -0.2) is 14.8 Å². The Hall–Kier alpha value is -3.76. The number of nitrogens with one attached hydrogen (secondary N) is 1. The van der Waals surface area contributed by atoms with Crippen LogP contribution in [0.5, 0.6) is 5.75 Å². The second-order valence-electron chi connectivity index (χ2n) is 7.89. The van der Waals surface area contributed by atoms with Gasteiger partial charge in [0, 0.05) is 28.7 Å². The van der Waals surface area contributed by atoms with Crippen LogP contribution < -0.4 is 15.8 Å². The number of benzene rings is 3. The fourth-order valence-corrected chi connectivity index (χ4v) is 5.00. The zero-order valence-electron chi connectivity index (χ0n) is 19.9. The minimum Gasteiger partial charge on any atom is -0.495 e. The molecular weight excluding hydrogens is 512 g/mol. The molecule has 5 rings (SSSR count). The maximum atomic E-state index is 11.2. The number of thiophene rings is 1. The Bertz CT molecular complexity index is 1540. The van der Waals surface area contributed by atoms with Gasteiger partial charge in [-0.3, -0.25) is 0 Å². The molecule has 0 saturated heterocycles. The lowest BCUT2D eigenvalue weighted by Crippen LogP contribution is -2.04. The van der Waals surface area contributed by atoms with E-state index in [0.717, 1.165) is 31.4 Å². The third-order valence-corrected chi connectivity index (χ3v) is 6.79. The average Bonchev–Trinajstić information content (AvgIpc) is 3.30. The fourth-order valence-electron chi connectivity index (χ4n) is 3.65. The molecule has 3 aromatic carbocycles. The van der Waals surface area contributed by atoms with Crippen LogP contribution in [0.4, 0.5) is 5.82 Å². The lowest BCUT2D eigenvalue weighted by molar-refractivity contribution is 0.0697. The van der Waals surface area contributed by atoms with Gasteiger partial charge in [0.2, 0.25) is 0 Å². The van der Waals surface area contributed by atoms with Crippen LogP contribution in [0.2, 0.25) is 5.02 Å². The smallest absolute Gasteiger partial charge is 0.335 e. The number of hydrogen-bond acceptors (Lipinski definition) is 8. The standard InChI is InChI=1S/C25H18ClN3O3S.C2H7NO/c1-32-19-11-6-14(12-18(19)26)13-27-23-21-17-4-2-3-5-20(17)33-24(21)29-22(28-23)15-7-9-16(10-8-15)25(30)31;3-1-2-4/h2-12H,13H2,1H3,(H,30,31)(H,27,28,29);4H,1-3H2. The van der Waals surface area contributed by atoms with E-state index < -0.39 is 5.97 Å². The molecule has 0 aliphatic carbocycles. The third kappa shape index (κ3) is 5.98. The highest BCUT2D eigenvalue weighted by molar-refractivity contribution is 7.25. The van der Waals surface area contributed by atoms with Crippen LogP contribution in [0, 0.1) is 0 Å². The monoisotopic (exact) mass is 536 g/mol. The predicted molar refractivity (Wildman–Crippen MR) is 149 cm³/mol. The Morgan fingerprint density at radius 1 is 1.11 bits per heavy atom. The molecule has 0 aliphatic heterocycles. The zero-order chi connectivity index (χ0) is 26.4. The van der Waals surface area contributed by atoms with E-state index in [1.54, 1.807) is 42.7 Å². The van der Waals surface area contributed by atoms with Crippen molar-refractivity contribution in [3.8, 4) is 17.1 Å². The van der Waals surface area contributed by atoms with Crippen molar-refractivity contribution >= 4 is 55.0 Å². The molecular formula is C27H25ClN4O4S. The minimum atomic E-state index is -0.970. The summed E-state index contributed by atoms with van der Waals surface area (Å²) in [6.07, 6.45) is 0. The summed E-state index contributed by atoms with van der Waals surface area (Å²) in [5, 5.41) is 23.0. The topological polar surface area (TPSA) is 131 Å². The molecule has 2 aromatic heterocycles. The molecule has 10 heteroatoms. The first-order chi connectivity index (χ1) is 17.9. The molecule has 0 unspecified atom stereocenters. The number of anilines is 1. The van der Waals surface area contributed by atoms with E-state index in [4.69, 9.17) is 37.1 Å². The van der Waals surface area contributed by atoms with Gasteiger partial charge in [0.15, 0.2) is 5.82 Å². The summed E-state index contributed by atoms with van der Waals surface area (Å²) in [4.78, 5) is 21.7. The first-order valence-electron chi connectivity index (χ1n) is 11.4. The predicted octanol–water partition coefficient (Wildman–Crippen LogP) is 5.42. The number of hydrogen-bond donors (Lipinski definition) is 4. The minimum absolute atomic E-state index is 0.0972. The molecule has 0 aliphatic rings. The van der Waals surface area contributed by atoms with Crippen LogP contribution in [0.25, 0.3) is 31.7 Å². The van der Waals surface area contributed by atoms with Crippen LogP contribution in [-0.4, -0.2) is 46.4 Å². The van der Waals surface area contributed by atoms with Gasteiger partial charge in [-0.15, -0.1) is 11.3 Å². The SMILES string of the molecule is COc1ccc(CNc2nc(-c3ccc(C(=O)O)cc3)nc3sc4ccccc4c23)cc1Cl.NCCO. The van der Waals surface area contributed by atoms with E-state index in [0.29, 0.717) is 35.5 Å². The number of carboxylic acid groups (broad SMARTS) is 1. The number of rotatable bonds is 7. The average molecular weight is 537 g/mol. The summed E-state index contributed by atoms with van der Waals surface area (Å²) in [7, 11) is 1.59. The Morgan fingerprint density at radius 3 is 2.49 bits per heavy atom. The van der Waals surface area contributed by atoms with Crippen molar-refractivity contribution in [2.75, 3.05) is 25.6 Å². The third-order valence-electron chi connectivity index (χ3n) is 5.43. The van der Waals surface area contributed by atoms with Gasteiger partial charge in [-0.2, -0.15) is 0 Å². The van der Waals surface area contributed by atoms with E-state index in [1.165, 1.54) is 0 Å². The van der Waals surface area contributed by atoms with Crippen LogP contribution >= 0.6 is 22.9 Å². The highest BCUT2D eigenvalue weighted by atomic mass is 35.5. The number of carbonyl (C=O) groups is 1. The number of nitrogens with zero attached hydrogens (tertiary/aromatic N) is 2. The molecule has 0 amide bonds. The molecule has 0 atom stereocenters. The van der Waals surface area contributed by atoms with Gasteiger partial charge >= 0.3 is 5.97 Å². The summed E-state index contributed by atoms with van der Waals surface area (Å²) >= 11 is 7.89. The van der Waals surface area contributed by atoms with Crippen molar-refractivity contribution < 1.29 is 19.7 Å². The Kier molecular flexibility index (Phi) is 8.52. The number of halogens is 1. The zero-order valence-corrected chi connectivity index (χ0v) is 21.5. The molecule has 0 radical (unpaired) electrons. The van der Waals surface area contributed by atoms with Gasteiger partial charge in [0.1, 0.15) is 16.4 Å². The first kappa shape index (κ1) is 26.3. The van der Waals surface area contributed by atoms with Crippen molar-refractivity contribution in [3.05, 3.63) is 82.9 Å². The molecule has 190 valence electrons. The Morgan fingerprint density at radius 2 is 1.84 bits per heavy atom. The Balaban J connectivity index is 0.000000747. The van der Waals surface area contributed by atoms with Crippen molar-refractivity contribution in [1.29, 1.82) is 0 Å². The number of methoxy groups -OCH3 is 1. The summed E-state index contributed by atoms with van der Waals surface area (Å²) < 4.78 is 6.36. The molecule has 5 N–H and O–H groups in total. The van der Waals surface area contributed by atoms with Crippen molar-refractivity contribution in [3.63, 3.8) is 0 Å². The van der Waals surface area contributed by atoms with Crippen LogP contribution in [0.3, 0.4) is 0 Å². The normalized spacial score (nSPS) is 10.7. The fraction of sp³-hybridized carbons (Fsp3) is 0.148. The molecule has 0 fully saturated rings. The van der Waals surface area contributed by atoms with Crippen LogP contribution in [0.15, 0.2) is 66.7 Å². The summed E-state index contributed by atoms with van der Waals surface area (Å²) in [6.45, 7) is 0.984. The molecule has 37 heavy (non-hydrogen) atoms. The number of aliphatic hydroxyl groups excluding tert-OH is 1. The van der Waals surface area contributed by atoms with E-state index in [-0.39, 0.29) is 12.2 Å². The van der Waals surface area contributed by atoms with E-state index in [9.17, 15) is 9.90 Å². The lowest BCUT2D eigenvalue weighted by atomic mass is 10.1. The number of ether oxygens (including phenoxy) is 1. The van der Waals surface area contributed by atoms with Crippen molar-refractivity contribution in [2.45, 2.75) is 6.54 Å². The van der Waals surface area contributed by atoms with E-state index in [2.05, 4.69) is 17.4 Å². The number of fused-ring (bicyclic) bond motifs is 3. The highest BCUT2D eigenvalue weighted by Gasteiger charge is 2.16. The van der Waals surface area contributed by atoms with Gasteiger partial charge in [-0.05, 0) is 35.9 Å². The van der Waals surface area contributed by atoms with E-state index in [1.807, 2.05) is 30.3 Å². The number of aromatic carboxylic acids is 1. The number of nitrogens with two attached hydrogens (primary N) is 1. The molecule has 0 bridgehead atoms. The van der Waals surface area contributed by atoms with Gasteiger partial charge in [-0.1, -0.05) is 48.0 Å². The molecule has 5 aromatic rings. The molecule has 0 spiro atoms. The number of aliphatic hydroxyl groups is 1.